The molecule has 1 unspecified atom stereocenters. The number of anilines is 1. The van der Waals surface area contributed by atoms with Gasteiger partial charge in [0.2, 0.25) is 0 Å². The van der Waals surface area contributed by atoms with E-state index in [9.17, 15) is 19.6 Å². The molecule has 1 atom stereocenters. The summed E-state index contributed by atoms with van der Waals surface area (Å²) in [7, 11) is 0. The third-order valence-electron chi connectivity index (χ3n) is 6.67. The lowest BCUT2D eigenvalue weighted by atomic mass is 9.98. The molecule has 0 radical (unpaired) electrons. The predicted octanol–water partition coefficient (Wildman–Crippen LogP) is 4.52. The fourth-order valence-electron chi connectivity index (χ4n) is 4.84. The van der Waals surface area contributed by atoms with Gasteiger partial charge in [0.1, 0.15) is 21.8 Å². The van der Waals surface area contributed by atoms with Crippen LogP contribution in [0.4, 0.5) is 5.82 Å². The molecule has 2 saturated heterocycles. The summed E-state index contributed by atoms with van der Waals surface area (Å²) < 4.78 is 2.18. The number of carboxylic acids is 1. The summed E-state index contributed by atoms with van der Waals surface area (Å²) in [5, 5.41) is 18.6. The normalized spacial score (nSPS) is 19.3. The first-order valence-electron chi connectivity index (χ1n) is 12.6. The number of amides is 1. The molecule has 2 aliphatic heterocycles. The zero-order chi connectivity index (χ0) is 26.4. The van der Waals surface area contributed by atoms with Crippen LogP contribution in [0.2, 0.25) is 0 Å². The number of nitriles is 1. The summed E-state index contributed by atoms with van der Waals surface area (Å²) >= 11 is 6.72. The van der Waals surface area contributed by atoms with E-state index in [1.807, 2.05) is 6.92 Å². The van der Waals surface area contributed by atoms with Crippen LogP contribution in [0.15, 0.2) is 9.70 Å². The topological polar surface area (TPSA) is 107 Å². The third kappa shape index (κ3) is 6.19. The summed E-state index contributed by atoms with van der Waals surface area (Å²) in [5.74, 6) is 0.252. The Hall–Kier alpha value is -2.64. The standard InChI is InChI=1S/C26H34N4O4S2/c1-4-11-29-23(28-12-8-9-17(2)16-28)19(18(3)20(15-27)24(29)33)14-21-25(34)30(26(35)36-21)13-7-5-6-10-22(31)32/h14,17H,4-13,16H2,1-3H3,(H,31,32). The molecule has 1 N–H and O–H groups in total. The molecule has 0 bridgehead atoms. The molecule has 10 heteroatoms. The van der Waals surface area contributed by atoms with Crippen LogP contribution in [0.1, 0.15) is 75.5 Å². The van der Waals surface area contributed by atoms with Gasteiger partial charge in [0.15, 0.2) is 0 Å². The van der Waals surface area contributed by atoms with E-state index in [0.29, 0.717) is 53.1 Å². The van der Waals surface area contributed by atoms with Crippen LogP contribution in [-0.4, -0.2) is 50.4 Å². The Kier molecular flexibility index (Phi) is 9.74. The second-order valence-electron chi connectivity index (χ2n) is 9.54. The van der Waals surface area contributed by atoms with Gasteiger partial charge in [0.25, 0.3) is 11.5 Å². The highest BCUT2D eigenvalue weighted by atomic mass is 32.2. The molecule has 194 valence electrons. The Balaban J connectivity index is 2.00. The van der Waals surface area contributed by atoms with Gasteiger partial charge in [-0.25, -0.2) is 0 Å². The number of carboxylic acid groups (broad SMARTS) is 1. The quantitative estimate of drug-likeness (QED) is 0.267. The Labute approximate surface area is 221 Å². The smallest absolute Gasteiger partial charge is 0.303 e. The fraction of sp³-hybridized carbons (Fsp3) is 0.577. The molecule has 3 heterocycles. The number of carbonyl (C=O) groups is 2. The van der Waals surface area contributed by atoms with E-state index < -0.39 is 5.97 Å². The first kappa shape index (κ1) is 27.9. The number of aromatic nitrogens is 1. The number of pyridine rings is 1. The van der Waals surface area contributed by atoms with Crippen molar-refractivity contribution in [2.24, 2.45) is 5.92 Å². The molecule has 1 aromatic heterocycles. The SMILES string of the molecule is CCCn1c(N2CCCC(C)C2)c(C=C2SC(=S)N(CCCCCC(=O)O)C2=O)c(C)c(C#N)c1=O. The number of aliphatic carboxylic acids is 1. The minimum atomic E-state index is -0.820. The van der Waals surface area contributed by atoms with Crippen molar-refractivity contribution < 1.29 is 14.7 Å². The average molecular weight is 531 g/mol. The molecular formula is C26H34N4O4S2. The highest BCUT2D eigenvalue weighted by Crippen LogP contribution is 2.37. The van der Waals surface area contributed by atoms with E-state index >= 15 is 0 Å². The summed E-state index contributed by atoms with van der Waals surface area (Å²) in [4.78, 5) is 41.6. The Morgan fingerprint density at radius 3 is 2.67 bits per heavy atom. The van der Waals surface area contributed by atoms with E-state index in [2.05, 4.69) is 17.9 Å². The summed E-state index contributed by atoms with van der Waals surface area (Å²) in [6, 6.07) is 2.09. The van der Waals surface area contributed by atoms with Gasteiger partial charge in [-0.3, -0.25) is 23.9 Å². The van der Waals surface area contributed by atoms with Crippen LogP contribution in [0.5, 0.6) is 0 Å². The molecule has 1 aromatic rings. The predicted molar refractivity (Wildman–Crippen MR) is 147 cm³/mol. The number of hydrogen-bond acceptors (Lipinski definition) is 7. The first-order chi connectivity index (χ1) is 17.2. The fourth-order valence-corrected chi connectivity index (χ4v) is 6.13. The van der Waals surface area contributed by atoms with Crippen molar-refractivity contribution in [3.8, 4) is 6.07 Å². The first-order valence-corrected chi connectivity index (χ1v) is 13.8. The van der Waals surface area contributed by atoms with Crippen molar-refractivity contribution in [3.05, 3.63) is 31.9 Å². The maximum atomic E-state index is 13.3. The second-order valence-corrected chi connectivity index (χ2v) is 11.2. The van der Waals surface area contributed by atoms with Gasteiger partial charge < -0.3 is 10.0 Å². The van der Waals surface area contributed by atoms with Crippen LogP contribution in [-0.2, 0) is 16.1 Å². The molecule has 1 amide bonds. The van der Waals surface area contributed by atoms with Gasteiger partial charge in [-0.2, -0.15) is 5.26 Å². The number of piperidine rings is 1. The number of thiocarbonyl (C=S) groups is 1. The number of thioether (sulfide) groups is 1. The minimum Gasteiger partial charge on any atom is -0.481 e. The largest absolute Gasteiger partial charge is 0.481 e. The lowest BCUT2D eigenvalue weighted by molar-refractivity contribution is -0.137. The van der Waals surface area contributed by atoms with Crippen molar-refractivity contribution in [2.75, 3.05) is 24.5 Å². The molecule has 2 aliphatic rings. The Morgan fingerprint density at radius 2 is 2.03 bits per heavy atom. The van der Waals surface area contributed by atoms with Crippen LogP contribution < -0.4 is 10.5 Å². The number of nitrogens with zero attached hydrogens (tertiary/aromatic N) is 4. The van der Waals surface area contributed by atoms with Crippen LogP contribution in [0, 0.1) is 24.2 Å². The zero-order valence-electron chi connectivity index (χ0n) is 21.2. The summed E-state index contributed by atoms with van der Waals surface area (Å²) in [5.41, 5.74) is 1.14. The molecule has 36 heavy (non-hydrogen) atoms. The van der Waals surface area contributed by atoms with E-state index in [0.717, 1.165) is 43.7 Å². The van der Waals surface area contributed by atoms with Crippen LogP contribution in [0.3, 0.4) is 0 Å². The van der Waals surface area contributed by atoms with Crippen LogP contribution >= 0.6 is 24.0 Å². The van der Waals surface area contributed by atoms with Crippen molar-refractivity contribution in [2.45, 2.75) is 72.3 Å². The van der Waals surface area contributed by atoms with Gasteiger partial charge in [0, 0.05) is 38.2 Å². The van der Waals surface area contributed by atoms with Gasteiger partial charge in [-0.1, -0.05) is 44.2 Å². The molecule has 2 fully saturated rings. The average Bonchev–Trinajstić information content (AvgIpc) is 3.09. The van der Waals surface area contributed by atoms with Gasteiger partial charge >= 0.3 is 5.97 Å². The zero-order valence-corrected chi connectivity index (χ0v) is 22.8. The van der Waals surface area contributed by atoms with E-state index in [-0.39, 0.29) is 23.5 Å². The molecule has 0 aliphatic carbocycles. The van der Waals surface area contributed by atoms with E-state index in [4.69, 9.17) is 17.3 Å². The third-order valence-corrected chi connectivity index (χ3v) is 8.05. The lowest BCUT2D eigenvalue weighted by Gasteiger charge is -2.36. The van der Waals surface area contributed by atoms with Crippen molar-refractivity contribution in [1.82, 2.24) is 9.47 Å². The molecule has 0 spiro atoms. The Morgan fingerprint density at radius 1 is 1.28 bits per heavy atom. The number of rotatable bonds is 10. The van der Waals surface area contributed by atoms with Crippen molar-refractivity contribution >= 4 is 52.1 Å². The van der Waals surface area contributed by atoms with Gasteiger partial charge in [0.05, 0.1) is 4.91 Å². The molecule has 3 rings (SSSR count). The monoisotopic (exact) mass is 530 g/mol. The number of hydrogen-bond donors (Lipinski definition) is 1. The van der Waals surface area contributed by atoms with Gasteiger partial charge in [-0.05, 0) is 56.6 Å². The number of carbonyl (C=O) groups excluding carboxylic acids is 1. The summed E-state index contributed by atoms with van der Waals surface area (Å²) in [6.07, 6.45) is 6.74. The van der Waals surface area contributed by atoms with E-state index in [1.54, 1.807) is 22.5 Å². The van der Waals surface area contributed by atoms with Crippen molar-refractivity contribution in [3.63, 3.8) is 0 Å². The number of unbranched alkanes of at least 4 members (excludes halogenated alkanes) is 2. The Bertz CT molecular complexity index is 1170. The van der Waals surface area contributed by atoms with E-state index in [1.165, 1.54) is 11.8 Å². The molecule has 0 aromatic carbocycles. The maximum Gasteiger partial charge on any atom is 0.303 e. The summed E-state index contributed by atoms with van der Waals surface area (Å²) in [6.45, 7) is 8.54. The minimum absolute atomic E-state index is 0.109. The lowest BCUT2D eigenvalue weighted by Crippen LogP contribution is -2.40. The van der Waals surface area contributed by atoms with Crippen LogP contribution in [0.25, 0.3) is 6.08 Å². The molecule has 0 saturated carbocycles. The van der Waals surface area contributed by atoms with Crippen molar-refractivity contribution in [1.29, 1.82) is 5.26 Å². The molecular weight excluding hydrogens is 496 g/mol. The van der Waals surface area contributed by atoms with Gasteiger partial charge in [-0.15, -0.1) is 0 Å². The molecule has 8 nitrogen and oxygen atoms in total. The highest BCUT2D eigenvalue weighted by Gasteiger charge is 2.33. The highest BCUT2D eigenvalue weighted by molar-refractivity contribution is 8.26. The maximum absolute atomic E-state index is 13.3. The second kappa shape index (κ2) is 12.5.